The molecule has 0 heterocycles. The molecule has 2 rings (SSSR count). The first-order chi connectivity index (χ1) is 12.2. The molecule has 26 heavy (non-hydrogen) atoms. The summed E-state index contributed by atoms with van der Waals surface area (Å²) in [5.74, 6) is 0.0143. The van der Waals surface area contributed by atoms with Crippen LogP contribution in [0.4, 0.5) is 0 Å². The Bertz CT molecular complexity index is 749. The van der Waals surface area contributed by atoms with E-state index in [1.54, 1.807) is 0 Å². The van der Waals surface area contributed by atoms with Crippen LogP contribution in [0.25, 0.3) is 0 Å². The molecule has 6 nitrogen and oxygen atoms in total. The standard InChI is InChI=1S/C17H24Cl2N2O4S/c1-11(2)10-25-7-3-6-20-17(22)13-8-16(15(19)9-14(13)18)26(23,24)21-12-4-5-12/h8-9,11-12,21H,3-7,10H2,1-2H3,(H,20,22). The van der Waals surface area contributed by atoms with Crippen molar-refractivity contribution >= 4 is 39.1 Å². The van der Waals surface area contributed by atoms with E-state index in [4.69, 9.17) is 27.9 Å². The molecule has 0 unspecified atom stereocenters. The summed E-state index contributed by atoms with van der Waals surface area (Å²) in [5, 5.41) is 2.81. The Labute approximate surface area is 164 Å². The molecule has 0 aromatic heterocycles. The van der Waals surface area contributed by atoms with Gasteiger partial charge in [-0.25, -0.2) is 13.1 Å². The summed E-state index contributed by atoms with van der Waals surface area (Å²) in [7, 11) is -3.78. The molecule has 1 saturated carbocycles. The first-order valence-electron chi connectivity index (χ1n) is 8.58. The van der Waals surface area contributed by atoms with Gasteiger partial charge in [0.2, 0.25) is 10.0 Å². The van der Waals surface area contributed by atoms with Gasteiger partial charge in [-0.15, -0.1) is 0 Å². The third-order valence-electron chi connectivity index (χ3n) is 3.66. The molecule has 9 heteroatoms. The van der Waals surface area contributed by atoms with Crippen molar-refractivity contribution in [1.82, 2.24) is 10.0 Å². The smallest absolute Gasteiger partial charge is 0.252 e. The van der Waals surface area contributed by atoms with Gasteiger partial charge in [-0.05, 0) is 37.3 Å². The number of hydrogen-bond donors (Lipinski definition) is 2. The molecule has 146 valence electrons. The van der Waals surface area contributed by atoms with E-state index in [0.717, 1.165) is 12.8 Å². The van der Waals surface area contributed by atoms with Gasteiger partial charge in [0.15, 0.2) is 0 Å². The Morgan fingerprint density at radius 3 is 2.58 bits per heavy atom. The number of halogens is 2. The van der Waals surface area contributed by atoms with Crippen LogP contribution in [0.5, 0.6) is 0 Å². The fourth-order valence-corrected chi connectivity index (χ4v) is 4.35. The van der Waals surface area contributed by atoms with Crippen LogP contribution in [0.15, 0.2) is 17.0 Å². The van der Waals surface area contributed by atoms with E-state index in [1.165, 1.54) is 12.1 Å². The number of sulfonamides is 1. The average molecular weight is 423 g/mol. The van der Waals surface area contributed by atoms with Crippen LogP contribution in [0.3, 0.4) is 0 Å². The highest BCUT2D eigenvalue weighted by atomic mass is 35.5. The number of ether oxygens (including phenoxy) is 1. The van der Waals surface area contributed by atoms with Crippen molar-refractivity contribution < 1.29 is 17.9 Å². The van der Waals surface area contributed by atoms with Gasteiger partial charge < -0.3 is 10.1 Å². The lowest BCUT2D eigenvalue weighted by Crippen LogP contribution is -2.28. The zero-order valence-corrected chi connectivity index (χ0v) is 17.2. The minimum absolute atomic E-state index is 0.0122. The van der Waals surface area contributed by atoms with Crippen molar-refractivity contribution in [3.8, 4) is 0 Å². The van der Waals surface area contributed by atoms with Gasteiger partial charge in [0, 0.05) is 25.8 Å². The second kappa shape index (κ2) is 9.37. The zero-order chi connectivity index (χ0) is 19.3. The molecule has 1 aliphatic rings. The largest absolute Gasteiger partial charge is 0.381 e. The van der Waals surface area contributed by atoms with Crippen LogP contribution < -0.4 is 10.0 Å². The molecule has 0 radical (unpaired) electrons. The van der Waals surface area contributed by atoms with E-state index < -0.39 is 15.9 Å². The number of rotatable bonds is 10. The molecule has 0 saturated heterocycles. The molecule has 0 bridgehead atoms. The van der Waals surface area contributed by atoms with E-state index >= 15 is 0 Å². The minimum atomic E-state index is -3.78. The Morgan fingerprint density at radius 1 is 1.27 bits per heavy atom. The second-order valence-corrected chi connectivity index (χ2v) is 9.23. The molecule has 1 aromatic carbocycles. The number of carbonyl (C=O) groups is 1. The minimum Gasteiger partial charge on any atom is -0.381 e. The predicted octanol–water partition coefficient (Wildman–Crippen LogP) is 3.23. The Morgan fingerprint density at radius 2 is 1.96 bits per heavy atom. The van der Waals surface area contributed by atoms with E-state index in [9.17, 15) is 13.2 Å². The third kappa shape index (κ3) is 6.39. The number of amides is 1. The number of hydrogen-bond acceptors (Lipinski definition) is 4. The molecule has 1 aromatic rings. The highest BCUT2D eigenvalue weighted by molar-refractivity contribution is 7.89. The summed E-state index contributed by atoms with van der Waals surface area (Å²) in [6, 6.07) is 2.44. The van der Waals surface area contributed by atoms with Crippen LogP contribution >= 0.6 is 23.2 Å². The van der Waals surface area contributed by atoms with Crippen LogP contribution in [-0.4, -0.2) is 40.1 Å². The Kier molecular flexibility index (Phi) is 7.73. The Hall–Kier alpha value is -0.860. The predicted molar refractivity (Wildman–Crippen MR) is 102 cm³/mol. The second-order valence-electron chi connectivity index (χ2n) is 6.74. The SMILES string of the molecule is CC(C)COCCCNC(=O)c1cc(S(=O)(=O)NC2CC2)c(Cl)cc1Cl. The van der Waals surface area contributed by atoms with Gasteiger partial charge in [-0.2, -0.15) is 0 Å². The third-order valence-corrected chi connectivity index (χ3v) is 5.95. The summed E-state index contributed by atoms with van der Waals surface area (Å²) in [5.41, 5.74) is 0.0790. The maximum absolute atomic E-state index is 12.4. The van der Waals surface area contributed by atoms with Crippen molar-refractivity contribution in [2.24, 2.45) is 5.92 Å². The van der Waals surface area contributed by atoms with Gasteiger partial charge in [-0.3, -0.25) is 4.79 Å². The topological polar surface area (TPSA) is 84.5 Å². The highest BCUT2D eigenvalue weighted by Crippen LogP contribution is 2.30. The monoisotopic (exact) mass is 422 g/mol. The molecule has 1 amide bonds. The lowest BCUT2D eigenvalue weighted by atomic mass is 10.2. The lowest BCUT2D eigenvalue weighted by Gasteiger charge is -2.12. The quantitative estimate of drug-likeness (QED) is 0.566. The van der Waals surface area contributed by atoms with Crippen molar-refractivity contribution in [2.45, 2.75) is 44.0 Å². The zero-order valence-electron chi connectivity index (χ0n) is 14.8. The summed E-state index contributed by atoms with van der Waals surface area (Å²) < 4.78 is 32.8. The first-order valence-corrected chi connectivity index (χ1v) is 10.8. The summed E-state index contributed by atoms with van der Waals surface area (Å²) in [4.78, 5) is 12.2. The van der Waals surface area contributed by atoms with E-state index in [1.807, 2.05) is 0 Å². The number of nitrogens with one attached hydrogen (secondary N) is 2. The molecule has 1 fully saturated rings. The molecule has 0 spiro atoms. The molecular formula is C17H24Cl2N2O4S. The van der Waals surface area contributed by atoms with E-state index in [2.05, 4.69) is 23.9 Å². The number of carbonyl (C=O) groups excluding carboxylic acids is 1. The Balaban J connectivity index is 1.99. The molecule has 0 atom stereocenters. The molecule has 0 aliphatic heterocycles. The summed E-state index contributed by atoms with van der Waals surface area (Å²) in [6.07, 6.45) is 2.26. The van der Waals surface area contributed by atoms with Crippen molar-refractivity contribution in [3.05, 3.63) is 27.7 Å². The summed E-state index contributed by atoms with van der Waals surface area (Å²) in [6.45, 7) is 5.74. The van der Waals surface area contributed by atoms with Gasteiger partial charge >= 0.3 is 0 Å². The van der Waals surface area contributed by atoms with Crippen molar-refractivity contribution in [1.29, 1.82) is 0 Å². The number of benzene rings is 1. The van der Waals surface area contributed by atoms with Gasteiger partial charge in [-0.1, -0.05) is 37.0 Å². The lowest BCUT2D eigenvalue weighted by molar-refractivity contribution is 0.0925. The van der Waals surface area contributed by atoms with Crippen LogP contribution in [0.1, 0.15) is 43.5 Å². The fraction of sp³-hybridized carbons (Fsp3) is 0.588. The summed E-state index contributed by atoms with van der Waals surface area (Å²) >= 11 is 12.1. The van der Waals surface area contributed by atoms with Gasteiger partial charge in [0.1, 0.15) is 4.90 Å². The molecular weight excluding hydrogens is 399 g/mol. The van der Waals surface area contributed by atoms with Crippen LogP contribution in [-0.2, 0) is 14.8 Å². The first kappa shape index (κ1) is 21.4. The molecule has 1 aliphatic carbocycles. The average Bonchev–Trinajstić information content (AvgIpc) is 3.33. The van der Waals surface area contributed by atoms with Gasteiger partial charge in [0.25, 0.3) is 5.91 Å². The van der Waals surface area contributed by atoms with Crippen molar-refractivity contribution in [2.75, 3.05) is 19.8 Å². The maximum Gasteiger partial charge on any atom is 0.252 e. The van der Waals surface area contributed by atoms with Gasteiger partial charge in [0.05, 0.1) is 15.6 Å². The normalized spacial score (nSPS) is 14.7. The maximum atomic E-state index is 12.4. The van der Waals surface area contributed by atoms with Crippen molar-refractivity contribution in [3.63, 3.8) is 0 Å². The fourth-order valence-electron chi connectivity index (χ4n) is 2.18. The van der Waals surface area contributed by atoms with E-state index in [-0.39, 0.29) is 26.5 Å². The van der Waals surface area contributed by atoms with E-state index in [0.29, 0.717) is 32.1 Å². The molecule has 2 N–H and O–H groups in total. The van der Waals surface area contributed by atoms with Crippen LogP contribution in [0.2, 0.25) is 10.0 Å². The highest BCUT2D eigenvalue weighted by Gasteiger charge is 2.30. The van der Waals surface area contributed by atoms with Crippen LogP contribution in [0, 0.1) is 5.92 Å².